The van der Waals surface area contributed by atoms with E-state index in [1.54, 1.807) is 18.2 Å². The molecule has 0 saturated heterocycles. The Morgan fingerprint density at radius 3 is 2.88 bits per heavy atom. The van der Waals surface area contributed by atoms with Crippen LogP contribution in [-0.2, 0) is 16.0 Å². The van der Waals surface area contributed by atoms with Crippen LogP contribution in [0.1, 0.15) is 11.1 Å². The van der Waals surface area contributed by atoms with Crippen molar-refractivity contribution in [1.82, 2.24) is 4.67 Å². The van der Waals surface area contributed by atoms with Crippen LogP contribution in [0.5, 0.6) is 0 Å². The Labute approximate surface area is 91.4 Å². The number of aliphatic imine (C=N–C) groups is 1. The van der Waals surface area contributed by atoms with Gasteiger partial charge in [0, 0.05) is 10.7 Å². The summed E-state index contributed by atoms with van der Waals surface area (Å²) in [7, 11) is 0. The lowest BCUT2D eigenvalue weighted by molar-refractivity contribution is 0.564. The minimum Gasteiger partial charge on any atom is -0.211 e. The van der Waals surface area contributed by atoms with Gasteiger partial charge in [-0.05, 0) is 29.3 Å². The second kappa shape index (κ2) is 4.35. The third-order valence-corrected chi connectivity index (χ3v) is 2.32. The van der Waals surface area contributed by atoms with Crippen LogP contribution in [0.3, 0.4) is 0 Å². The van der Waals surface area contributed by atoms with Crippen molar-refractivity contribution in [3.05, 3.63) is 35.4 Å². The lowest BCUT2D eigenvalue weighted by Crippen LogP contribution is -2.08. The van der Waals surface area contributed by atoms with Crippen molar-refractivity contribution in [3.63, 3.8) is 0 Å². The number of fused-ring (bicyclic) bond motifs is 1. The maximum atomic E-state index is 10.1. The molecule has 0 atom stereocenters. The fourth-order valence-corrected chi connectivity index (χ4v) is 1.60. The summed E-state index contributed by atoms with van der Waals surface area (Å²) in [5.74, 6) is 0. The number of hydrogen-bond acceptors (Lipinski definition) is 3. The summed E-state index contributed by atoms with van der Waals surface area (Å²) in [6, 6.07) is 5.37. The lowest BCUT2D eigenvalue weighted by Gasteiger charge is -2.06. The van der Waals surface area contributed by atoms with Crippen molar-refractivity contribution in [2.75, 3.05) is 0 Å². The normalized spacial score (nSPS) is 12.1. The van der Waals surface area contributed by atoms with Gasteiger partial charge in [-0.3, -0.25) is 0 Å². The van der Waals surface area contributed by atoms with E-state index >= 15 is 0 Å². The Bertz CT molecular complexity index is 597. The summed E-state index contributed by atoms with van der Waals surface area (Å²) in [5.41, 5.74) is 3.26. The molecule has 0 fully saturated rings. The highest BCUT2D eigenvalue weighted by atomic mass is 16.1. The lowest BCUT2D eigenvalue weighted by atomic mass is 9.96. The molecule has 0 heterocycles. The van der Waals surface area contributed by atoms with E-state index in [1.165, 1.54) is 12.2 Å². The first kappa shape index (κ1) is 10.0. The van der Waals surface area contributed by atoms with Gasteiger partial charge >= 0.3 is 11.8 Å². The molecule has 1 aromatic carbocycles. The standard InChI is InChI=1S/C12H7N2O2/c15-7-13-11-3-1-9-5-12(14-8-16)4-2-10(9)6-11/h1-5H,6H2/q+1. The maximum absolute atomic E-state index is 10.1. The van der Waals surface area contributed by atoms with E-state index in [9.17, 15) is 9.59 Å². The molecule has 1 aliphatic carbocycles. The van der Waals surface area contributed by atoms with Crippen LogP contribution in [0.15, 0.2) is 29.3 Å². The predicted molar refractivity (Wildman–Crippen MR) is 59.8 cm³/mol. The van der Waals surface area contributed by atoms with Crippen molar-refractivity contribution < 1.29 is 9.59 Å². The Hall–Kier alpha value is -2.50. The zero-order valence-electron chi connectivity index (χ0n) is 8.30. The first-order valence-corrected chi connectivity index (χ1v) is 4.66. The summed E-state index contributed by atoms with van der Waals surface area (Å²) in [4.78, 5) is 23.8. The molecule has 0 spiro atoms. The Balaban J connectivity index is 2.47. The zero-order chi connectivity index (χ0) is 11.4. The first-order valence-electron chi connectivity index (χ1n) is 4.66. The average molecular weight is 211 g/mol. The molecule has 76 valence electrons. The molecular formula is C12H7N2O2+. The molecule has 0 aromatic heterocycles. The van der Waals surface area contributed by atoms with Crippen LogP contribution in [-0.4, -0.2) is 17.9 Å². The SMILES string of the molecule is O=C=Nc1ccc2c(c1)C=CC(=[N+]=C=O)C2. The number of carbonyl (C=O) groups excluding carboxylic acids is 2. The summed E-state index contributed by atoms with van der Waals surface area (Å²) in [5, 5.41) is 0. The molecule has 1 aromatic rings. The van der Waals surface area contributed by atoms with Gasteiger partial charge in [0.15, 0.2) is 0 Å². The molecule has 1 aliphatic rings. The van der Waals surface area contributed by atoms with Crippen molar-refractivity contribution in [1.29, 1.82) is 0 Å². The highest BCUT2D eigenvalue weighted by Crippen LogP contribution is 2.22. The van der Waals surface area contributed by atoms with E-state index in [4.69, 9.17) is 0 Å². The maximum Gasteiger partial charge on any atom is 0.568 e. The molecule has 0 aliphatic heterocycles. The van der Waals surface area contributed by atoms with E-state index in [2.05, 4.69) is 9.66 Å². The molecule has 4 nitrogen and oxygen atoms in total. The average Bonchev–Trinajstić information content (AvgIpc) is 2.30. The van der Waals surface area contributed by atoms with E-state index in [1.807, 2.05) is 12.1 Å². The predicted octanol–water partition coefficient (Wildman–Crippen LogP) is 1.07. The van der Waals surface area contributed by atoms with Crippen LogP contribution in [0.2, 0.25) is 0 Å². The van der Waals surface area contributed by atoms with Crippen molar-refractivity contribution in [2.45, 2.75) is 6.42 Å². The molecule has 0 radical (unpaired) electrons. The van der Waals surface area contributed by atoms with Gasteiger partial charge in [0.25, 0.3) is 0 Å². The minimum absolute atomic E-state index is 0.570. The smallest absolute Gasteiger partial charge is 0.211 e. The monoisotopic (exact) mass is 211 g/mol. The molecule has 0 saturated carbocycles. The molecular weight excluding hydrogens is 204 g/mol. The van der Waals surface area contributed by atoms with Gasteiger partial charge in [0.1, 0.15) is 0 Å². The number of benzene rings is 1. The summed E-state index contributed by atoms with van der Waals surface area (Å²) in [6.45, 7) is 0. The Morgan fingerprint density at radius 1 is 1.25 bits per heavy atom. The van der Waals surface area contributed by atoms with Crippen molar-refractivity contribution in [3.8, 4) is 0 Å². The zero-order valence-corrected chi connectivity index (χ0v) is 8.30. The molecule has 0 unspecified atom stereocenters. The van der Waals surface area contributed by atoms with E-state index in [0.717, 1.165) is 11.1 Å². The van der Waals surface area contributed by atoms with Crippen LogP contribution in [0.25, 0.3) is 6.08 Å². The molecule has 0 amide bonds. The van der Waals surface area contributed by atoms with Crippen molar-refractivity contribution >= 4 is 29.6 Å². The van der Waals surface area contributed by atoms with Gasteiger partial charge in [0.05, 0.1) is 12.1 Å². The second-order valence-corrected chi connectivity index (χ2v) is 3.29. The van der Waals surface area contributed by atoms with Crippen molar-refractivity contribution in [2.24, 2.45) is 4.99 Å². The van der Waals surface area contributed by atoms with Crippen LogP contribution in [0.4, 0.5) is 5.69 Å². The van der Waals surface area contributed by atoms with Gasteiger partial charge in [-0.1, -0.05) is 6.07 Å². The topological polar surface area (TPSA) is 60.6 Å². The van der Waals surface area contributed by atoms with Gasteiger partial charge in [-0.25, -0.2) is 4.79 Å². The Kier molecular flexibility index (Phi) is 2.73. The molecule has 0 N–H and O–H groups in total. The number of hydrogen-bond donors (Lipinski definition) is 0. The summed E-state index contributed by atoms with van der Waals surface area (Å²) in [6.07, 6.45) is 7.19. The third kappa shape index (κ3) is 1.95. The van der Waals surface area contributed by atoms with Gasteiger partial charge < -0.3 is 0 Å². The highest BCUT2D eigenvalue weighted by Gasteiger charge is 2.15. The summed E-state index contributed by atoms with van der Waals surface area (Å²) >= 11 is 0. The number of rotatable bonds is 1. The molecule has 4 heteroatoms. The van der Waals surface area contributed by atoms with Crippen LogP contribution >= 0.6 is 0 Å². The van der Waals surface area contributed by atoms with E-state index in [0.29, 0.717) is 17.8 Å². The highest BCUT2D eigenvalue weighted by molar-refractivity contribution is 6.02. The van der Waals surface area contributed by atoms with Crippen LogP contribution in [0, 0.1) is 0 Å². The summed E-state index contributed by atoms with van der Waals surface area (Å²) < 4.78 is 3.58. The van der Waals surface area contributed by atoms with Gasteiger partial charge in [-0.2, -0.15) is 4.99 Å². The van der Waals surface area contributed by atoms with Gasteiger partial charge in [0.2, 0.25) is 6.08 Å². The molecule has 16 heavy (non-hydrogen) atoms. The van der Waals surface area contributed by atoms with Gasteiger partial charge in [-0.15, -0.1) is 4.79 Å². The largest absolute Gasteiger partial charge is 0.568 e. The second-order valence-electron chi connectivity index (χ2n) is 3.29. The molecule has 2 rings (SSSR count). The number of allylic oxidation sites excluding steroid dienone is 1. The molecule has 0 bridgehead atoms. The fourth-order valence-electron chi connectivity index (χ4n) is 1.60. The van der Waals surface area contributed by atoms with E-state index in [-0.39, 0.29) is 0 Å². The Morgan fingerprint density at radius 2 is 2.12 bits per heavy atom. The van der Waals surface area contributed by atoms with Crippen LogP contribution < -0.4 is 4.67 Å². The van der Waals surface area contributed by atoms with E-state index < -0.39 is 0 Å². The fraction of sp³-hybridized carbons (Fsp3) is 0.0833. The minimum atomic E-state index is 0.570. The third-order valence-electron chi connectivity index (χ3n) is 2.32. The number of isocyanates is 2. The first-order chi connectivity index (χ1) is 7.83. The number of nitrogens with zero attached hydrogens (tertiary/aromatic N) is 2. The quantitative estimate of drug-likeness (QED) is 0.396.